The molecule has 2 aliphatic rings. The van der Waals surface area contributed by atoms with Gasteiger partial charge in [-0.25, -0.2) is 4.98 Å². The molecule has 6 heteroatoms. The summed E-state index contributed by atoms with van der Waals surface area (Å²) in [6, 6.07) is 17.1. The molecule has 5 rings (SSSR count). The lowest BCUT2D eigenvalue weighted by Gasteiger charge is -2.14. The van der Waals surface area contributed by atoms with Crippen molar-refractivity contribution in [2.45, 2.75) is 18.3 Å². The predicted octanol–water partition coefficient (Wildman–Crippen LogP) is 4.11. The van der Waals surface area contributed by atoms with Crippen molar-refractivity contribution in [2.75, 3.05) is 19.0 Å². The standard InChI is InChI=1S/C19H18N2O2.C6H7NO/c1-11-14-8-15(17(22)9-16(14)21-18(11)23)12-2-4-13(5-3-12)19(10-20)6-7-19;1-8-6-4-2-3-5-7-6/h2-5,8-9,22H,1,6-7,10,20H2,(H,21,23);2-5H,1H3. The minimum atomic E-state index is -0.217. The number of ether oxygens (including phenoxy) is 1. The lowest BCUT2D eigenvalue weighted by molar-refractivity contribution is -0.110. The molecule has 31 heavy (non-hydrogen) atoms. The number of nitrogens with two attached hydrogens (primary N) is 1. The van der Waals surface area contributed by atoms with Crippen molar-refractivity contribution in [3.8, 4) is 22.8 Å². The van der Waals surface area contributed by atoms with Gasteiger partial charge in [-0.1, -0.05) is 36.9 Å². The number of nitrogens with zero attached hydrogens (tertiary/aromatic N) is 1. The summed E-state index contributed by atoms with van der Waals surface area (Å²) in [5.41, 5.74) is 10.7. The second-order valence-corrected chi connectivity index (χ2v) is 7.78. The number of aromatic hydroxyl groups is 1. The van der Waals surface area contributed by atoms with E-state index >= 15 is 0 Å². The molecule has 0 unspecified atom stereocenters. The molecule has 4 N–H and O–H groups in total. The first-order valence-corrected chi connectivity index (χ1v) is 10.1. The summed E-state index contributed by atoms with van der Waals surface area (Å²) in [6.45, 7) is 4.47. The fourth-order valence-corrected chi connectivity index (χ4v) is 3.73. The number of hydrogen-bond acceptors (Lipinski definition) is 5. The number of fused-ring (bicyclic) bond motifs is 1. The molecule has 1 aliphatic heterocycles. The summed E-state index contributed by atoms with van der Waals surface area (Å²) in [4.78, 5) is 15.6. The predicted molar refractivity (Wildman–Crippen MR) is 122 cm³/mol. The Morgan fingerprint density at radius 3 is 2.45 bits per heavy atom. The molecule has 1 saturated carbocycles. The number of anilines is 1. The molecule has 1 fully saturated rings. The minimum Gasteiger partial charge on any atom is -0.507 e. The van der Waals surface area contributed by atoms with E-state index in [1.54, 1.807) is 25.4 Å². The van der Waals surface area contributed by atoms with Gasteiger partial charge in [0.1, 0.15) is 5.75 Å². The highest BCUT2D eigenvalue weighted by Gasteiger charge is 2.42. The number of nitrogens with one attached hydrogen (secondary N) is 1. The summed E-state index contributed by atoms with van der Waals surface area (Å²) in [7, 11) is 1.60. The van der Waals surface area contributed by atoms with E-state index in [-0.39, 0.29) is 17.1 Å². The Labute approximate surface area is 181 Å². The summed E-state index contributed by atoms with van der Waals surface area (Å²) < 4.78 is 4.80. The van der Waals surface area contributed by atoms with Gasteiger partial charge >= 0.3 is 0 Å². The zero-order valence-corrected chi connectivity index (χ0v) is 17.4. The third-order valence-electron chi connectivity index (χ3n) is 5.88. The summed E-state index contributed by atoms with van der Waals surface area (Å²) in [5, 5.41) is 13.0. The molecular formula is C25H25N3O3. The van der Waals surface area contributed by atoms with Crippen LogP contribution < -0.4 is 15.8 Å². The SMILES string of the molecule is C=C1C(=O)Nc2cc(O)c(-c3ccc(C4(CN)CC4)cc3)cc21.COc1ccccn1. The molecule has 0 bridgehead atoms. The van der Waals surface area contributed by atoms with E-state index in [4.69, 9.17) is 10.5 Å². The van der Waals surface area contributed by atoms with Crippen molar-refractivity contribution in [1.82, 2.24) is 4.98 Å². The summed E-state index contributed by atoms with van der Waals surface area (Å²) in [6.07, 6.45) is 3.97. The van der Waals surface area contributed by atoms with Crippen molar-refractivity contribution in [3.63, 3.8) is 0 Å². The molecule has 0 atom stereocenters. The average Bonchev–Trinajstić information content (AvgIpc) is 3.56. The average molecular weight is 415 g/mol. The van der Waals surface area contributed by atoms with Gasteiger partial charge in [0.15, 0.2) is 0 Å². The van der Waals surface area contributed by atoms with Crippen LogP contribution in [0.1, 0.15) is 24.0 Å². The Bertz CT molecular complexity index is 1120. The van der Waals surface area contributed by atoms with E-state index in [1.165, 1.54) is 5.56 Å². The molecule has 1 amide bonds. The number of benzene rings is 2. The molecule has 3 aromatic rings. The number of hydrogen-bond donors (Lipinski definition) is 3. The third kappa shape index (κ3) is 4.02. The number of methoxy groups -OCH3 is 1. The quantitative estimate of drug-likeness (QED) is 0.557. The van der Waals surface area contributed by atoms with E-state index in [0.717, 1.165) is 24.0 Å². The van der Waals surface area contributed by atoms with Crippen LogP contribution in [0, 0.1) is 0 Å². The first-order valence-electron chi connectivity index (χ1n) is 10.1. The molecular weight excluding hydrogens is 390 g/mol. The minimum absolute atomic E-state index is 0.145. The molecule has 2 aromatic carbocycles. The summed E-state index contributed by atoms with van der Waals surface area (Å²) >= 11 is 0. The van der Waals surface area contributed by atoms with Crippen LogP contribution in [-0.2, 0) is 10.2 Å². The Balaban J connectivity index is 0.000000245. The van der Waals surface area contributed by atoms with E-state index in [9.17, 15) is 9.90 Å². The first kappa shape index (κ1) is 20.6. The highest BCUT2D eigenvalue weighted by Crippen LogP contribution is 2.48. The monoisotopic (exact) mass is 415 g/mol. The number of phenolic OH excluding ortho intramolecular Hbond substituents is 1. The Hall–Kier alpha value is -3.64. The van der Waals surface area contributed by atoms with E-state index < -0.39 is 0 Å². The van der Waals surface area contributed by atoms with Crippen molar-refractivity contribution in [2.24, 2.45) is 5.73 Å². The molecule has 0 saturated heterocycles. The molecule has 1 aliphatic carbocycles. The second-order valence-electron chi connectivity index (χ2n) is 7.78. The van der Waals surface area contributed by atoms with Crippen LogP contribution in [0.5, 0.6) is 11.6 Å². The Morgan fingerprint density at radius 1 is 1.16 bits per heavy atom. The van der Waals surface area contributed by atoms with Gasteiger partial charge in [-0.15, -0.1) is 0 Å². The van der Waals surface area contributed by atoms with Gasteiger partial charge in [-0.3, -0.25) is 4.79 Å². The van der Waals surface area contributed by atoms with Crippen LogP contribution in [0.15, 0.2) is 67.4 Å². The third-order valence-corrected chi connectivity index (χ3v) is 5.88. The van der Waals surface area contributed by atoms with Gasteiger partial charge in [0.05, 0.1) is 12.8 Å². The van der Waals surface area contributed by atoms with Crippen LogP contribution in [0.4, 0.5) is 5.69 Å². The van der Waals surface area contributed by atoms with Crippen molar-refractivity contribution >= 4 is 17.2 Å². The lowest BCUT2D eigenvalue weighted by atomic mass is 9.93. The molecule has 1 aromatic heterocycles. The topological polar surface area (TPSA) is 97.5 Å². The fourth-order valence-electron chi connectivity index (χ4n) is 3.73. The van der Waals surface area contributed by atoms with Gasteiger partial charge < -0.3 is 20.9 Å². The number of pyridine rings is 1. The van der Waals surface area contributed by atoms with Crippen molar-refractivity contribution in [3.05, 3.63) is 78.5 Å². The van der Waals surface area contributed by atoms with Crippen molar-refractivity contribution < 1.29 is 14.6 Å². The maximum absolute atomic E-state index is 11.7. The van der Waals surface area contributed by atoms with Gasteiger partial charge in [0, 0.05) is 47.0 Å². The van der Waals surface area contributed by atoms with Gasteiger partial charge in [-0.2, -0.15) is 0 Å². The molecule has 2 heterocycles. The lowest BCUT2D eigenvalue weighted by Crippen LogP contribution is -2.19. The van der Waals surface area contributed by atoms with Crippen LogP contribution in [0.25, 0.3) is 16.7 Å². The van der Waals surface area contributed by atoms with E-state index in [2.05, 4.69) is 29.0 Å². The van der Waals surface area contributed by atoms with Crippen LogP contribution in [-0.4, -0.2) is 29.7 Å². The number of rotatable bonds is 4. The van der Waals surface area contributed by atoms with Crippen LogP contribution >= 0.6 is 0 Å². The van der Waals surface area contributed by atoms with Crippen molar-refractivity contribution in [1.29, 1.82) is 0 Å². The van der Waals surface area contributed by atoms with Gasteiger partial charge in [0.2, 0.25) is 5.88 Å². The summed E-state index contributed by atoms with van der Waals surface area (Å²) in [5.74, 6) is 0.587. The Morgan fingerprint density at radius 2 is 1.90 bits per heavy atom. The largest absolute Gasteiger partial charge is 0.507 e. The molecule has 6 nitrogen and oxygen atoms in total. The highest BCUT2D eigenvalue weighted by molar-refractivity contribution is 6.31. The van der Waals surface area contributed by atoms with Gasteiger partial charge in [0.25, 0.3) is 5.91 Å². The number of aromatic nitrogens is 1. The number of carbonyl (C=O) groups excluding carboxylic acids is 1. The number of amides is 1. The van der Waals surface area contributed by atoms with Crippen LogP contribution in [0.2, 0.25) is 0 Å². The van der Waals surface area contributed by atoms with Gasteiger partial charge in [-0.05, 0) is 36.1 Å². The fraction of sp³-hybridized carbons (Fsp3) is 0.200. The van der Waals surface area contributed by atoms with E-state index in [1.807, 2.05) is 30.3 Å². The van der Waals surface area contributed by atoms with E-state index in [0.29, 0.717) is 29.2 Å². The Kier molecular flexibility index (Phi) is 5.48. The second kappa shape index (κ2) is 8.24. The van der Waals surface area contributed by atoms with Crippen LogP contribution in [0.3, 0.4) is 0 Å². The smallest absolute Gasteiger partial charge is 0.255 e. The molecule has 0 radical (unpaired) electrons. The molecule has 158 valence electrons. The maximum atomic E-state index is 11.7. The number of carbonyl (C=O) groups is 1. The normalized spacial score (nSPS) is 15.4. The zero-order chi connectivity index (χ0) is 22.0. The first-order chi connectivity index (χ1) is 15.0. The number of phenols is 1. The zero-order valence-electron chi connectivity index (χ0n) is 17.4. The maximum Gasteiger partial charge on any atom is 0.255 e. The molecule has 0 spiro atoms. The highest BCUT2D eigenvalue weighted by atomic mass is 16.5.